The first-order chi connectivity index (χ1) is 12.0. The third-order valence-electron chi connectivity index (χ3n) is 4.20. The minimum Gasteiger partial charge on any atom is -0.454 e. The lowest BCUT2D eigenvalue weighted by atomic mass is 10.1. The zero-order valence-corrected chi connectivity index (χ0v) is 15.5. The van der Waals surface area contributed by atoms with Crippen LogP contribution in [0, 0.1) is 0 Å². The fraction of sp³-hybridized carbons (Fsp3) is 0.389. The van der Waals surface area contributed by atoms with Crippen molar-refractivity contribution in [2.75, 3.05) is 34.5 Å². The van der Waals surface area contributed by atoms with E-state index >= 15 is 0 Å². The first kappa shape index (κ1) is 17.6. The van der Waals surface area contributed by atoms with Gasteiger partial charge in [0.1, 0.15) is 0 Å². The van der Waals surface area contributed by atoms with Crippen LogP contribution < -0.4 is 14.8 Å². The molecule has 0 spiro atoms. The van der Waals surface area contributed by atoms with Crippen LogP contribution in [0.2, 0.25) is 0 Å². The quantitative estimate of drug-likeness (QED) is 0.860. The van der Waals surface area contributed by atoms with Gasteiger partial charge in [-0.1, -0.05) is 6.07 Å². The molecule has 0 saturated heterocycles. The number of hydrogen-bond donors (Lipinski definition) is 1. The number of likely N-dealkylation sites (N-methyl/N-ethyl adjacent to an activating group) is 1. The van der Waals surface area contributed by atoms with E-state index in [0.717, 1.165) is 17.1 Å². The number of benzene rings is 1. The molecule has 0 radical (unpaired) electrons. The largest absolute Gasteiger partial charge is 0.454 e. The Kier molecular flexibility index (Phi) is 5.45. The van der Waals surface area contributed by atoms with Gasteiger partial charge in [-0.05, 0) is 54.2 Å². The highest BCUT2D eigenvalue weighted by molar-refractivity contribution is 7.07. The van der Waals surface area contributed by atoms with Crippen molar-refractivity contribution in [1.29, 1.82) is 0 Å². The van der Waals surface area contributed by atoms with Crippen LogP contribution in [-0.2, 0) is 6.54 Å². The van der Waals surface area contributed by atoms with Crippen LogP contribution in [0.15, 0.2) is 35.0 Å². The Morgan fingerprint density at radius 1 is 1.24 bits per heavy atom. The monoisotopic (exact) mass is 361 g/mol. The number of rotatable bonds is 6. The maximum absolute atomic E-state index is 12.4. The van der Waals surface area contributed by atoms with Crippen molar-refractivity contribution in [2.45, 2.75) is 12.6 Å². The van der Waals surface area contributed by atoms with Gasteiger partial charge >= 0.3 is 6.03 Å². The molecule has 0 unspecified atom stereocenters. The van der Waals surface area contributed by atoms with Crippen LogP contribution in [0.1, 0.15) is 17.2 Å². The first-order valence-electron chi connectivity index (χ1n) is 8.10. The molecular formula is C18H23N3O3S. The number of hydrogen-bond acceptors (Lipinski definition) is 5. The predicted molar refractivity (Wildman–Crippen MR) is 98.2 cm³/mol. The summed E-state index contributed by atoms with van der Waals surface area (Å²) >= 11 is 1.67. The second kappa shape index (κ2) is 7.76. The summed E-state index contributed by atoms with van der Waals surface area (Å²) in [7, 11) is 5.82. The van der Waals surface area contributed by atoms with Crippen LogP contribution in [0.25, 0.3) is 0 Å². The summed E-state index contributed by atoms with van der Waals surface area (Å²) < 4.78 is 10.7. The summed E-state index contributed by atoms with van der Waals surface area (Å²) in [5.41, 5.74) is 2.22. The van der Waals surface area contributed by atoms with Crippen molar-refractivity contribution in [3.63, 3.8) is 0 Å². The van der Waals surface area contributed by atoms with Crippen molar-refractivity contribution in [3.05, 3.63) is 46.2 Å². The summed E-state index contributed by atoms with van der Waals surface area (Å²) in [6.45, 7) is 1.32. The van der Waals surface area contributed by atoms with Crippen LogP contribution >= 0.6 is 11.3 Å². The smallest absolute Gasteiger partial charge is 0.317 e. The van der Waals surface area contributed by atoms with E-state index in [1.807, 2.05) is 32.3 Å². The number of nitrogens with one attached hydrogen (secondary N) is 1. The van der Waals surface area contributed by atoms with Crippen molar-refractivity contribution in [3.8, 4) is 11.5 Å². The summed E-state index contributed by atoms with van der Waals surface area (Å²) in [6, 6.07) is 7.90. The topological polar surface area (TPSA) is 54.0 Å². The lowest BCUT2D eigenvalue weighted by Gasteiger charge is -2.26. The molecular weight excluding hydrogens is 338 g/mol. The molecule has 1 aliphatic rings. The standard InChI is InChI=1S/C18H23N3O3S/c1-20(2)15(14-6-7-25-11-14)9-19-18(22)21(3)10-13-4-5-16-17(8-13)24-12-23-16/h4-8,11,15H,9-10,12H2,1-3H3,(H,19,22)/t15-/m0/s1. The molecule has 1 N–H and O–H groups in total. The van der Waals surface area contributed by atoms with Gasteiger partial charge in [0.25, 0.3) is 0 Å². The molecule has 134 valence electrons. The van der Waals surface area contributed by atoms with Crippen molar-refractivity contribution in [1.82, 2.24) is 15.1 Å². The van der Waals surface area contributed by atoms with E-state index in [4.69, 9.17) is 9.47 Å². The highest BCUT2D eigenvalue weighted by Crippen LogP contribution is 2.32. The van der Waals surface area contributed by atoms with Gasteiger partial charge in [-0.25, -0.2) is 4.79 Å². The lowest BCUT2D eigenvalue weighted by molar-refractivity contribution is 0.174. The molecule has 2 amide bonds. The molecule has 0 bridgehead atoms. The van der Waals surface area contributed by atoms with Gasteiger partial charge in [-0.2, -0.15) is 11.3 Å². The molecule has 0 saturated carbocycles. The number of carbonyl (C=O) groups excluding carboxylic acids is 1. The van der Waals surface area contributed by atoms with Gasteiger partial charge in [-0.3, -0.25) is 0 Å². The second-order valence-electron chi connectivity index (χ2n) is 6.27. The third-order valence-corrected chi connectivity index (χ3v) is 4.90. The summed E-state index contributed by atoms with van der Waals surface area (Å²) in [6.07, 6.45) is 0. The van der Waals surface area contributed by atoms with Gasteiger partial charge in [0.2, 0.25) is 6.79 Å². The van der Waals surface area contributed by atoms with Gasteiger partial charge in [0.05, 0.1) is 6.04 Å². The third kappa shape index (κ3) is 4.24. The average molecular weight is 361 g/mol. The van der Waals surface area contributed by atoms with Gasteiger partial charge in [-0.15, -0.1) is 0 Å². The number of thiophene rings is 1. The van der Waals surface area contributed by atoms with Gasteiger partial charge < -0.3 is 24.6 Å². The lowest BCUT2D eigenvalue weighted by Crippen LogP contribution is -2.41. The molecule has 1 aliphatic heterocycles. The molecule has 0 aliphatic carbocycles. The number of ether oxygens (including phenoxy) is 2. The van der Waals surface area contributed by atoms with Crippen molar-refractivity contribution >= 4 is 17.4 Å². The zero-order valence-electron chi connectivity index (χ0n) is 14.7. The number of carbonyl (C=O) groups is 1. The van der Waals surface area contributed by atoms with E-state index in [1.54, 1.807) is 23.3 Å². The van der Waals surface area contributed by atoms with E-state index in [2.05, 4.69) is 27.0 Å². The zero-order chi connectivity index (χ0) is 17.8. The molecule has 0 fully saturated rings. The molecule has 25 heavy (non-hydrogen) atoms. The maximum Gasteiger partial charge on any atom is 0.317 e. The second-order valence-corrected chi connectivity index (χ2v) is 7.05. The molecule has 7 heteroatoms. The Hall–Kier alpha value is -2.25. The van der Waals surface area contributed by atoms with E-state index in [-0.39, 0.29) is 18.9 Å². The minimum atomic E-state index is -0.0975. The van der Waals surface area contributed by atoms with E-state index in [0.29, 0.717) is 13.1 Å². The normalized spacial score (nSPS) is 13.8. The average Bonchev–Trinajstić information content (AvgIpc) is 3.25. The maximum atomic E-state index is 12.4. The Morgan fingerprint density at radius 2 is 2.04 bits per heavy atom. The molecule has 1 atom stereocenters. The minimum absolute atomic E-state index is 0.0975. The van der Waals surface area contributed by atoms with Crippen LogP contribution in [-0.4, -0.2) is 50.3 Å². The molecule has 6 nitrogen and oxygen atoms in total. The van der Waals surface area contributed by atoms with Gasteiger partial charge in [0.15, 0.2) is 11.5 Å². The molecule has 2 heterocycles. The summed E-state index contributed by atoms with van der Waals surface area (Å²) in [4.78, 5) is 16.2. The summed E-state index contributed by atoms with van der Waals surface area (Å²) in [5, 5.41) is 7.19. The highest BCUT2D eigenvalue weighted by atomic mass is 32.1. The van der Waals surface area contributed by atoms with Crippen LogP contribution in [0.5, 0.6) is 11.5 Å². The van der Waals surface area contributed by atoms with Gasteiger partial charge in [0, 0.05) is 20.1 Å². The Labute approximate surface area is 152 Å². The Bertz CT molecular complexity index is 718. The van der Waals surface area contributed by atoms with E-state index in [1.165, 1.54) is 5.56 Å². The molecule has 3 rings (SSSR count). The van der Waals surface area contributed by atoms with E-state index in [9.17, 15) is 4.79 Å². The van der Waals surface area contributed by atoms with E-state index < -0.39 is 0 Å². The number of amides is 2. The SMILES string of the molecule is CN(Cc1ccc2c(c1)OCO2)C(=O)NC[C@@H](c1ccsc1)N(C)C. The number of urea groups is 1. The summed E-state index contributed by atoms with van der Waals surface area (Å²) in [5.74, 6) is 1.48. The van der Waals surface area contributed by atoms with Crippen molar-refractivity contribution < 1.29 is 14.3 Å². The van der Waals surface area contributed by atoms with Crippen LogP contribution in [0.3, 0.4) is 0 Å². The van der Waals surface area contributed by atoms with Crippen molar-refractivity contribution in [2.24, 2.45) is 0 Å². The fourth-order valence-corrected chi connectivity index (χ4v) is 3.47. The Balaban J connectivity index is 1.55. The molecule has 1 aromatic heterocycles. The Morgan fingerprint density at radius 3 is 2.76 bits per heavy atom. The highest BCUT2D eigenvalue weighted by Gasteiger charge is 2.18. The predicted octanol–water partition coefficient (Wildman–Crippen LogP) is 2.92. The molecule has 2 aromatic rings. The fourth-order valence-electron chi connectivity index (χ4n) is 2.77. The van der Waals surface area contributed by atoms with Crippen LogP contribution in [0.4, 0.5) is 4.79 Å². The first-order valence-corrected chi connectivity index (χ1v) is 9.05. The number of nitrogens with zero attached hydrogens (tertiary/aromatic N) is 2. The number of fused-ring (bicyclic) bond motifs is 1. The molecule has 1 aromatic carbocycles.